The van der Waals surface area contributed by atoms with Crippen molar-refractivity contribution in [1.82, 2.24) is 19.8 Å². The molecule has 0 radical (unpaired) electrons. The van der Waals surface area contributed by atoms with E-state index < -0.39 is 12.2 Å². The molecular weight excluding hydrogens is 392 g/mol. The number of alkyl halides is 2. The molecule has 1 aromatic carbocycles. The molecule has 2 aliphatic rings. The van der Waals surface area contributed by atoms with Gasteiger partial charge in [0.15, 0.2) is 11.5 Å². The Morgan fingerprint density at radius 1 is 1.07 bits per heavy atom. The second kappa shape index (κ2) is 7.46. The van der Waals surface area contributed by atoms with Crippen LogP contribution in [0.4, 0.5) is 14.6 Å². The van der Waals surface area contributed by atoms with Gasteiger partial charge in [0.1, 0.15) is 11.9 Å². The fraction of sp³-hybridized carbons (Fsp3) is 0.476. The number of aryl methyl sites for hydroxylation is 1. The quantitative estimate of drug-likeness (QED) is 0.647. The summed E-state index contributed by atoms with van der Waals surface area (Å²) in [5.41, 5.74) is 4.55. The van der Waals surface area contributed by atoms with Gasteiger partial charge in [-0.1, -0.05) is 6.07 Å². The van der Waals surface area contributed by atoms with Crippen LogP contribution in [0, 0.1) is 13.8 Å². The van der Waals surface area contributed by atoms with E-state index in [1.165, 1.54) is 15.6 Å². The van der Waals surface area contributed by atoms with Gasteiger partial charge in [0.2, 0.25) is 5.82 Å². The lowest BCUT2D eigenvalue weighted by Gasteiger charge is -2.34. The molecule has 1 fully saturated rings. The third-order valence-electron chi connectivity index (χ3n) is 6.03. The van der Waals surface area contributed by atoms with Gasteiger partial charge in [-0.05, 0) is 37.1 Å². The van der Waals surface area contributed by atoms with E-state index in [9.17, 15) is 8.78 Å². The van der Waals surface area contributed by atoms with Gasteiger partial charge in [0.05, 0.1) is 13.2 Å². The number of ether oxygens (including phenoxy) is 2. The van der Waals surface area contributed by atoms with Gasteiger partial charge in [-0.2, -0.15) is 4.52 Å². The first kappa shape index (κ1) is 19.2. The summed E-state index contributed by atoms with van der Waals surface area (Å²) >= 11 is 0. The number of hydrogen-bond acceptors (Lipinski definition) is 6. The summed E-state index contributed by atoms with van der Waals surface area (Å²) in [5, 5.41) is 12.0. The topological polar surface area (TPSA) is 64.8 Å². The number of nitrogens with zero attached hydrogens (tertiary/aromatic N) is 5. The van der Waals surface area contributed by atoms with Crippen molar-refractivity contribution in [1.29, 1.82) is 0 Å². The van der Waals surface area contributed by atoms with Crippen LogP contribution in [0.25, 0.3) is 5.65 Å². The average molecular weight is 415 g/mol. The van der Waals surface area contributed by atoms with E-state index in [0.717, 1.165) is 42.8 Å². The van der Waals surface area contributed by atoms with Crippen molar-refractivity contribution in [3.63, 3.8) is 0 Å². The third-order valence-corrected chi connectivity index (χ3v) is 6.03. The smallest absolute Gasteiger partial charge is 0.299 e. The molecular formula is C21H23F2N5O2. The summed E-state index contributed by atoms with van der Waals surface area (Å²) in [6.07, 6.45) is -0.955. The zero-order valence-corrected chi connectivity index (χ0v) is 16.9. The third kappa shape index (κ3) is 3.27. The number of fused-ring (bicyclic) bond motifs is 2. The number of rotatable bonds is 4. The standard InChI is InChI=1S/C21H23F2N5O2/c1-12-13(2)20(26-28-19(12)24-25-21(28)18(22)23)27-7-5-16(6-8-27)30-17-4-3-14-10-29-11-15(14)9-17/h3-4,9,16,18H,5-8,10-11H2,1-2H3. The number of anilines is 1. The lowest BCUT2D eigenvalue weighted by molar-refractivity contribution is 0.134. The average Bonchev–Trinajstić information content (AvgIpc) is 3.38. The number of halogens is 2. The van der Waals surface area contributed by atoms with Crippen LogP contribution in [0.3, 0.4) is 0 Å². The van der Waals surface area contributed by atoms with Gasteiger partial charge in [0, 0.05) is 37.1 Å². The highest BCUT2D eigenvalue weighted by molar-refractivity contribution is 5.59. The van der Waals surface area contributed by atoms with E-state index in [-0.39, 0.29) is 6.10 Å². The maximum absolute atomic E-state index is 13.3. The predicted molar refractivity (Wildman–Crippen MR) is 106 cm³/mol. The molecule has 5 rings (SSSR count). The molecule has 158 valence electrons. The monoisotopic (exact) mass is 415 g/mol. The minimum Gasteiger partial charge on any atom is -0.490 e. The first-order valence-corrected chi connectivity index (χ1v) is 10.1. The van der Waals surface area contributed by atoms with E-state index in [2.05, 4.69) is 32.3 Å². The highest BCUT2D eigenvalue weighted by atomic mass is 19.3. The molecule has 0 bridgehead atoms. The maximum Gasteiger partial charge on any atom is 0.299 e. The van der Waals surface area contributed by atoms with E-state index in [1.807, 2.05) is 19.9 Å². The molecule has 2 aliphatic heterocycles. The second-order valence-electron chi connectivity index (χ2n) is 7.90. The Hall–Kier alpha value is -2.81. The van der Waals surface area contributed by atoms with Crippen LogP contribution >= 0.6 is 0 Å². The molecule has 0 saturated carbocycles. The van der Waals surface area contributed by atoms with Crippen molar-refractivity contribution in [3.05, 3.63) is 46.3 Å². The molecule has 3 aromatic rings. The molecule has 2 aromatic heterocycles. The molecule has 1 saturated heterocycles. The van der Waals surface area contributed by atoms with Gasteiger partial charge in [0.25, 0.3) is 6.43 Å². The Labute approximate surface area is 172 Å². The zero-order valence-electron chi connectivity index (χ0n) is 16.9. The molecule has 0 unspecified atom stereocenters. The Bertz CT molecular complexity index is 1090. The largest absolute Gasteiger partial charge is 0.490 e. The lowest BCUT2D eigenvalue weighted by Crippen LogP contribution is -2.39. The Kier molecular flexibility index (Phi) is 4.77. The molecule has 0 spiro atoms. The van der Waals surface area contributed by atoms with Crippen molar-refractivity contribution in [2.75, 3.05) is 18.0 Å². The van der Waals surface area contributed by atoms with Gasteiger partial charge in [-0.15, -0.1) is 15.3 Å². The molecule has 0 N–H and O–H groups in total. The molecule has 9 heteroatoms. The molecule has 7 nitrogen and oxygen atoms in total. The van der Waals surface area contributed by atoms with E-state index in [1.54, 1.807) is 0 Å². The number of hydrogen-bond donors (Lipinski definition) is 0. The minimum absolute atomic E-state index is 0.110. The molecule has 30 heavy (non-hydrogen) atoms. The van der Waals surface area contributed by atoms with Crippen LogP contribution in [0.15, 0.2) is 18.2 Å². The van der Waals surface area contributed by atoms with Crippen LogP contribution < -0.4 is 9.64 Å². The maximum atomic E-state index is 13.3. The summed E-state index contributed by atoms with van der Waals surface area (Å²) in [6, 6.07) is 6.13. The van der Waals surface area contributed by atoms with E-state index in [0.29, 0.717) is 24.7 Å². The lowest BCUT2D eigenvalue weighted by atomic mass is 10.1. The summed E-state index contributed by atoms with van der Waals surface area (Å²) in [6.45, 7) is 6.61. The first-order chi connectivity index (χ1) is 14.5. The van der Waals surface area contributed by atoms with Crippen LogP contribution in [-0.4, -0.2) is 39.0 Å². The second-order valence-corrected chi connectivity index (χ2v) is 7.90. The summed E-state index contributed by atoms with van der Waals surface area (Å²) in [7, 11) is 0. The van der Waals surface area contributed by atoms with Crippen molar-refractivity contribution >= 4 is 11.5 Å². The summed E-state index contributed by atoms with van der Waals surface area (Å²) < 4.78 is 39.4. The SMILES string of the molecule is Cc1c(N2CCC(Oc3ccc4c(c3)COC4)CC2)nn2c(C(F)F)nnc2c1C. The van der Waals surface area contributed by atoms with Gasteiger partial charge >= 0.3 is 0 Å². The Morgan fingerprint density at radius 2 is 1.83 bits per heavy atom. The van der Waals surface area contributed by atoms with E-state index in [4.69, 9.17) is 9.47 Å². The normalized spacial score (nSPS) is 17.2. The fourth-order valence-corrected chi connectivity index (χ4v) is 4.17. The molecule has 0 aliphatic carbocycles. The highest BCUT2D eigenvalue weighted by Crippen LogP contribution is 2.30. The Balaban J connectivity index is 1.32. The molecule has 0 atom stereocenters. The van der Waals surface area contributed by atoms with Crippen LogP contribution in [0.5, 0.6) is 5.75 Å². The van der Waals surface area contributed by atoms with Crippen molar-refractivity contribution in [2.24, 2.45) is 0 Å². The fourth-order valence-electron chi connectivity index (χ4n) is 4.17. The highest BCUT2D eigenvalue weighted by Gasteiger charge is 2.26. The zero-order chi connectivity index (χ0) is 20.8. The summed E-state index contributed by atoms with van der Waals surface area (Å²) in [5.74, 6) is 1.15. The van der Waals surface area contributed by atoms with Crippen LogP contribution in [0.2, 0.25) is 0 Å². The van der Waals surface area contributed by atoms with Gasteiger partial charge in [-0.3, -0.25) is 0 Å². The summed E-state index contributed by atoms with van der Waals surface area (Å²) in [4.78, 5) is 2.13. The van der Waals surface area contributed by atoms with Crippen LogP contribution in [-0.2, 0) is 18.0 Å². The van der Waals surface area contributed by atoms with Gasteiger partial charge in [-0.25, -0.2) is 8.78 Å². The predicted octanol–water partition coefficient (Wildman–Crippen LogP) is 3.76. The first-order valence-electron chi connectivity index (χ1n) is 10.1. The number of aromatic nitrogens is 4. The molecule has 4 heterocycles. The molecule has 0 amide bonds. The van der Waals surface area contributed by atoms with E-state index >= 15 is 0 Å². The Morgan fingerprint density at radius 3 is 2.60 bits per heavy atom. The number of piperidine rings is 1. The van der Waals surface area contributed by atoms with Crippen molar-refractivity contribution in [3.8, 4) is 5.75 Å². The number of benzene rings is 1. The van der Waals surface area contributed by atoms with Gasteiger partial charge < -0.3 is 14.4 Å². The van der Waals surface area contributed by atoms with Crippen LogP contribution in [0.1, 0.15) is 47.3 Å². The minimum atomic E-state index is -2.72. The van der Waals surface area contributed by atoms with Crippen molar-refractivity contribution < 1.29 is 18.3 Å². The van der Waals surface area contributed by atoms with Crippen molar-refractivity contribution in [2.45, 2.75) is 52.4 Å².